The molecule has 1 N–H and O–H groups in total. The van der Waals surface area contributed by atoms with Gasteiger partial charge >= 0.3 is 0 Å². The highest BCUT2D eigenvalue weighted by Crippen LogP contribution is 2.25. The Labute approximate surface area is 173 Å². The minimum atomic E-state index is -0.499. The zero-order chi connectivity index (χ0) is 20.1. The first kappa shape index (κ1) is 20.5. The summed E-state index contributed by atoms with van der Waals surface area (Å²) in [6.45, 7) is 4.18. The smallest absolute Gasteiger partial charge is 0.226 e. The van der Waals surface area contributed by atoms with E-state index in [2.05, 4.69) is 10.3 Å². The second-order valence-electron chi connectivity index (χ2n) is 7.36. The molecule has 3 nitrogen and oxygen atoms in total. The van der Waals surface area contributed by atoms with Gasteiger partial charge in [0, 0.05) is 28.8 Å². The molecule has 3 rings (SSSR count). The van der Waals surface area contributed by atoms with Crippen LogP contribution in [-0.4, -0.2) is 17.4 Å². The number of amides is 1. The molecule has 0 saturated heterocycles. The van der Waals surface area contributed by atoms with Gasteiger partial charge in [0.1, 0.15) is 5.82 Å². The van der Waals surface area contributed by atoms with Gasteiger partial charge in [-0.15, -0.1) is 11.3 Å². The average molecular weight is 417 g/mol. The highest BCUT2D eigenvalue weighted by molar-refractivity contribution is 7.09. The summed E-state index contributed by atoms with van der Waals surface area (Å²) in [6, 6.07) is 14.3. The molecule has 0 saturated carbocycles. The Kier molecular flexibility index (Phi) is 6.47. The van der Waals surface area contributed by atoms with Gasteiger partial charge in [-0.25, -0.2) is 9.37 Å². The summed E-state index contributed by atoms with van der Waals surface area (Å²) in [6.07, 6.45) is 0.895. The van der Waals surface area contributed by atoms with Crippen LogP contribution in [0, 0.1) is 5.82 Å². The Balaban J connectivity index is 1.55. The molecule has 2 aromatic carbocycles. The number of hydrogen-bond donors (Lipinski definition) is 1. The van der Waals surface area contributed by atoms with E-state index in [9.17, 15) is 9.18 Å². The SMILES string of the molecule is CC(C)(CNC(=O)Cc1csc(Cc2cccc(Cl)c2)n1)c1ccccc1F. The third-order valence-corrected chi connectivity index (χ3v) is 5.65. The number of benzene rings is 2. The lowest BCUT2D eigenvalue weighted by Crippen LogP contribution is -2.38. The van der Waals surface area contributed by atoms with Crippen LogP contribution in [0.2, 0.25) is 5.02 Å². The Morgan fingerprint density at radius 1 is 1.21 bits per heavy atom. The van der Waals surface area contributed by atoms with Crippen molar-refractivity contribution in [1.29, 1.82) is 0 Å². The van der Waals surface area contributed by atoms with Gasteiger partial charge in [0.2, 0.25) is 5.91 Å². The maximum absolute atomic E-state index is 14.0. The zero-order valence-corrected chi connectivity index (χ0v) is 17.4. The summed E-state index contributed by atoms with van der Waals surface area (Å²) in [7, 11) is 0. The van der Waals surface area contributed by atoms with Crippen LogP contribution in [0.3, 0.4) is 0 Å². The Hall–Kier alpha value is -2.24. The van der Waals surface area contributed by atoms with Crippen molar-refractivity contribution >= 4 is 28.8 Å². The van der Waals surface area contributed by atoms with Crippen LogP contribution in [0.4, 0.5) is 4.39 Å². The van der Waals surface area contributed by atoms with E-state index >= 15 is 0 Å². The molecule has 28 heavy (non-hydrogen) atoms. The van der Waals surface area contributed by atoms with Crippen molar-refractivity contribution in [3.05, 3.63) is 86.6 Å². The van der Waals surface area contributed by atoms with E-state index < -0.39 is 5.41 Å². The maximum Gasteiger partial charge on any atom is 0.226 e. The fourth-order valence-electron chi connectivity index (χ4n) is 2.98. The van der Waals surface area contributed by atoms with Gasteiger partial charge in [0.15, 0.2) is 0 Å². The van der Waals surface area contributed by atoms with E-state index in [1.807, 2.05) is 43.5 Å². The molecule has 0 bridgehead atoms. The molecule has 0 aliphatic rings. The normalized spacial score (nSPS) is 11.4. The molecular formula is C22H22ClFN2OS. The molecule has 1 amide bonds. The highest BCUT2D eigenvalue weighted by Gasteiger charge is 2.24. The number of thiazole rings is 1. The molecule has 1 heterocycles. The molecule has 146 valence electrons. The van der Waals surface area contributed by atoms with Crippen LogP contribution in [0.1, 0.15) is 35.7 Å². The lowest BCUT2D eigenvalue weighted by Gasteiger charge is -2.26. The van der Waals surface area contributed by atoms with Crippen molar-refractivity contribution < 1.29 is 9.18 Å². The highest BCUT2D eigenvalue weighted by atomic mass is 35.5. The summed E-state index contributed by atoms with van der Waals surface area (Å²) >= 11 is 7.55. The lowest BCUT2D eigenvalue weighted by molar-refractivity contribution is -0.120. The lowest BCUT2D eigenvalue weighted by atomic mass is 9.84. The van der Waals surface area contributed by atoms with E-state index in [4.69, 9.17) is 11.6 Å². The van der Waals surface area contributed by atoms with Crippen molar-refractivity contribution in [2.45, 2.75) is 32.1 Å². The van der Waals surface area contributed by atoms with Gasteiger partial charge in [-0.05, 0) is 29.3 Å². The first-order valence-corrected chi connectivity index (χ1v) is 10.3. The maximum atomic E-state index is 14.0. The van der Waals surface area contributed by atoms with E-state index in [-0.39, 0.29) is 18.1 Å². The van der Waals surface area contributed by atoms with Gasteiger partial charge < -0.3 is 5.32 Å². The number of nitrogens with zero attached hydrogens (tertiary/aromatic N) is 1. The molecule has 6 heteroatoms. The van der Waals surface area contributed by atoms with Crippen LogP contribution in [0.25, 0.3) is 0 Å². The topological polar surface area (TPSA) is 42.0 Å². The van der Waals surface area contributed by atoms with Crippen molar-refractivity contribution in [3.8, 4) is 0 Å². The molecular weight excluding hydrogens is 395 g/mol. The van der Waals surface area contributed by atoms with E-state index in [0.717, 1.165) is 16.3 Å². The van der Waals surface area contributed by atoms with E-state index in [1.54, 1.807) is 18.2 Å². The van der Waals surface area contributed by atoms with Gasteiger partial charge in [-0.2, -0.15) is 0 Å². The number of rotatable bonds is 7. The van der Waals surface area contributed by atoms with Gasteiger partial charge in [-0.1, -0.05) is 55.8 Å². The van der Waals surface area contributed by atoms with Gasteiger partial charge in [0.25, 0.3) is 0 Å². The molecule has 0 fully saturated rings. The van der Waals surface area contributed by atoms with Crippen LogP contribution in [0.5, 0.6) is 0 Å². The van der Waals surface area contributed by atoms with Crippen LogP contribution < -0.4 is 5.32 Å². The monoisotopic (exact) mass is 416 g/mol. The molecule has 0 unspecified atom stereocenters. The predicted octanol–water partition coefficient (Wildman–Crippen LogP) is 5.16. The standard InChI is InChI=1S/C22H22ClFN2OS/c1-22(2,18-8-3-4-9-19(18)24)14-25-20(27)12-17-13-28-21(26-17)11-15-6-5-7-16(23)10-15/h3-10,13H,11-12,14H2,1-2H3,(H,25,27). The fourth-order valence-corrected chi connectivity index (χ4v) is 4.03. The summed E-state index contributed by atoms with van der Waals surface area (Å²) in [5.41, 5.74) is 1.92. The first-order valence-electron chi connectivity index (χ1n) is 9.03. The molecule has 0 radical (unpaired) electrons. The summed E-state index contributed by atoms with van der Waals surface area (Å²) in [5.74, 6) is -0.379. The molecule has 3 aromatic rings. The summed E-state index contributed by atoms with van der Waals surface area (Å²) < 4.78 is 14.0. The van der Waals surface area contributed by atoms with Crippen molar-refractivity contribution in [3.63, 3.8) is 0 Å². The van der Waals surface area contributed by atoms with Gasteiger partial charge in [-0.3, -0.25) is 4.79 Å². The minimum Gasteiger partial charge on any atom is -0.355 e. The van der Waals surface area contributed by atoms with Crippen LogP contribution in [-0.2, 0) is 23.1 Å². The quantitative estimate of drug-likeness (QED) is 0.577. The van der Waals surface area contributed by atoms with Crippen LogP contribution in [0.15, 0.2) is 53.9 Å². The number of hydrogen-bond acceptors (Lipinski definition) is 3. The number of aromatic nitrogens is 1. The zero-order valence-electron chi connectivity index (χ0n) is 15.8. The molecule has 0 aliphatic heterocycles. The molecule has 1 aromatic heterocycles. The van der Waals surface area contributed by atoms with Crippen molar-refractivity contribution in [1.82, 2.24) is 10.3 Å². The fraction of sp³-hybridized carbons (Fsp3) is 0.273. The third kappa shape index (κ3) is 5.40. The average Bonchev–Trinajstić information content (AvgIpc) is 3.07. The Morgan fingerprint density at radius 2 is 2.00 bits per heavy atom. The molecule has 0 aliphatic carbocycles. The third-order valence-electron chi connectivity index (χ3n) is 4.52. The second kappa shape index (κ2) is 8.84. The second-order valence-corrected chi connectivity index (χ2v) is 8.74. The Bertz CT molecular complexity index is 970. The predicted molar refractivity (Wildman–Crippen MR) is 113 cm³/mol. The minimum absolute atomic E-state index is 0.121. The van der Waals surface area contributed by atoms with E-state index in [1.165, 1.54) is 17.4 Å². The van der Waals surface area contributed by atoms with Crippen molar-refractivity contribution in [2.24, 2.45) is 0 Å². The Morgan fingerprint density at radius 3 is 2.75 bits per heavy atom. The molecule has 0 atom stereocenters. The largest absolute Gasteiger partial charge is 0.355 e. The summed E-state index contributed by atoms with van der Waals surface area (Å²) in [4.78, 5) is 16.9. The van der Waals surface area contributed by atoms with Crippen LogP contribution >= 0.6 is 22.9 Å². The number of carbonyl (C=O) groups excluding carboxylic acids is 1. The number of nitrogens with one attached hydrogen (secondary N) is 1. The number of carbonyl (C=O) groups is 1. The van der Waals surface area contributed by atoms with E-state index in [0.29, 0.717) is 23.6 Å². The van der Waals surface area contributed by atoms with Crippen molar-refractivity contribution in [2.75, 3.05) is 6.54 Å². The van der Waals surface area contributed by atoms with Gasteiger partial charge in [0.05, 0.1) is 17.1 Å². The number of halogens is 2. The summed E-state index contributed by atoms with van der Waals surface area (Å²) in [5, 5.41) is 6.45. The molecule has 0 spiro atoms. The first-order chi connectivity index (χ1) is 13.3.